The van der Waals surface area contributed by atoms with Crippen molar-refractivity contribution >= 4 is 17.9 Å². The molecule has 2 rings (SSSR count). The highest BCUT2D eigenvalue weighted by molar-refractivity contribution is 6.32. The first-order valence-electron chi connectivity index (χ1n) is 5.07. The third kappa shape index (κ3) is 3.31. The maximum Gasteiger partial charge on any atom is 0.433 e. The Balaban J connectivity index is 0.00000200. The van der Waals surface area contributed by atoms with Crippen LogP contribution in [0.25, 0.3) is 11.3 Å². The molecule has 0 amide bonds. The van der Waals surface area contributed by atoms with E-state index in [1.54, 1.807) is 0 Å². The number of hydrogen-bond acceptors (Lipinski definition) is 3. The van der Waals surface area contributed by atoms with E-state index in [0.29, 0.717) is 17.5 Å². The van der Waals surface area contributed by atoms with Crippen molar-refractivity contribution in [3.05, 3.63) is 46.9 Å². The van der Waals surface area contributed by atoms with Crippen molar-refractivity contribution in [3.8, 4) is 11.3 Å². The lowest BCUT2D eigenvalue weighted by atomic mass is 10.1. The molecule has 0 aliphatic rings. The first-order valence-corrected chi connectivity index (χ1v) is 5.45. The zero-order valence-corrected chi connectivity index (χ0v) is 10.5. The minimum Gasteiger partial charge on any atom is -0.296 e. The van der Waals surface area contributed by atoms with E-state index in [-0.39, 0.29) is 16.9 Å². The molecule has 103 valence electrons. The van der Waals surface area contributed by atoms with Crippen molar-refractivity contribution in [2.75, 3.05) is 0 Å². The third-order valence-corrected chi connectivity index (χ3v) is 2.65. The van der Waals surface area contributed by atoms with Gasteiger partial charge in [-0.15, -0.1) is 0 Å². The van der Waals surface area contributed by atoms with Crippen LogP contribution in [0.3, 0.4) is 0 Å². The lowest BCUT2D eigenvalue weighted by Gasteiger charge is -2.06. The number of rotatable bonds is 2. The molecule has 20 heavy (non-hydrogen) atoms. The number of pyridine rings is 2. The maximum atomic E-state index is 12.4. The van der Waals surface area contributed by atoms with Crippen LogP contribution >= 0.6 is 11.6 Å². The minimum atomic E-state index is -4.49. The second-order valence-corrected chi connectivity index (χ2v) is 4.02. The van der Waals surface area contributed by atoms with Crippen LogP contribution in [0.1, 0.15) is 16.2 Å². The quantitative estimate of drug-likeness (QED) is 0.800. The van der Waals surface area contributed by atoms with E-state index >= 15 is 0 Å². The van der Waals surface area contributed by atoms with Gasteiger partial charge in [0, 0.05) is 17.9 Å². The molecular weight excluding hydrogens is 295 g/mol. The molecule has 2 aromatic heterocycles. The molecule has 0 bridgehead atoms. The van der Waals surface area contributed by atoms with Gasteiger partial charge in [0.25, 0.3) is 0 Å². The van der Waals surface area contributed by atoms with Gasteiger partial charge in [0.2, 0.25) is 0 Å². The molecule has 0 unspecified atom stereocenters. The SMILES string of the molecule is O=Cc1nc(-c2ccc(C(F)(F)F)nc2)ccc1Cl.[N]. The van der Waals surface area contributed by atoms with Crippen molar-refractivity contribution in [1.82, 2.24) is 16.1 Å². The van der Waals surface area contributed by atoms with Crippen LogP contribution in [0.2, 0.25) is 5.02 Å². The average Bonchev–Trinajstić information content (AvgIpc) is 2.38. The molecular formula is C12H6ClF3N3O. The Bertz CT molecular complexity index is 614. The Kier molecular flexibility index (Phi) is 4.80. The van der Waals surface area contributed by atoms with E-state index in [1.165, 1.54) is 18.2 Å². The van der Waals surface area contributed by atoms with E-state index < -0.39 is 11.9 Å². The van der Waals surface area contributed by atoms with E-state index in [0.717, 1.165) is 12.3 Å². The summed E-state index contributed by atoms with van der Waals surface area (Å²) >= 11 is 5.71. The second kappa shape index (κ2) is 5.98. The van der Waals surface area contributed by atoms with Crippen LogP contribution in [0, 0.1) is 0 Å². The van der Waals surface area contributed by atoms with Crippen molar-refractivity contribution in [1.29, 1.82) is 0 Å². The van der Waals surface area contributed by atoms with Gasteiger partial charge in [0.05, 0.1) is 10.7 Å². The molecule has 3 radical (unpaired) electrons. The highest BCUT2D eigenvalue weighted by atomic mass is 35.5. The van der Waals surface area contributed by atoms with Gasteiger partial charge in [0.15, 0.2) is 6.29 Å². The van der Waals surface area contributed by atoms with Gasteiger partial charge >= 0.3 is 6.18 Å². The molecule has 0 N–H and O–H groups in total. The van der Waals surface area contributed by atoms with Crippen LogP contribution in [-0.2, 0) is 6.18 Å². The Hall–Kier alpha value is -1.99. The topological polar surface area (TPSA) is 73.3 Å². The van der Waals surface area contributed by atoms with Crippen LogP contribution in [0.5, 0.6) is 0 Å². The summed E-state index contributed by atoms with van der Waals surface area (Å²) in [7, 11) is 0. The normalized spacial score (nSPS) is 10.8. The molecule has 0 aliphatic carbocycles. The predicted molar refractivity (Wildman–Crippen MR) is 65.0 cm³/mol. The number of hydrogen-bond donors (Lipinski definition) is 0. The fourth-order valence-corrected chi connectivity index (χ4v) is 1.56. The number of aldehydes is 1. The Morgan fingerprint density at radius 3 is 2.35 bits per heavy atom. The van der Waals surface area contributed by atoms with E-state index in [9.17, 15) is 18.0 Å². The molecule has 2 aromatic rings. The zero-order chi connectivity index (χ0) is 14.0. The van der Waals surface area contributed by atoms with Gasteiger partial charge in [-0.3, -0.25) is 9.78 Å². The zero-order valence-electron chi connectivity index (χ0n) is 9.73. The molecule has 0 saturated heterocycles. The summed E-state index contributed by atoms with van der Waals surface area (Å²) in [6.45, 7) is 0. The van der Waals surface area contributed by atoms with E-state index in [2.05, 4.69) is 9.97 Å². The van der Waals surface area contributed by atoms with Gasteiger partial charge < -0.3 is 0 Å². The van der Waals surface area contributed by atoms with Crippen LogP contribution in [0.15, 0.2) is 30.5 Å². The highest BCUT2D eigenvalue weighted by Crippen LogP contribution is 2.28. The molecule has 0 aliphatic heterocycles. The fraction of sp³-hybridized carbons (Fsp3) is 0.0833. The Morgan fingerprint density at radius 2 is 1.85 bits per heavy atom. The summed E-state index contributed by atoms with van der Waals surface area (Å²) in [5, 5.41) is 0.179. The molecule has 0 saturated carbocycles. The van der Waals surface area contributed by atoms with Gasteiger partial charge in [-0.05, 0) is 24.3 Å². The fourth-order valence-electron chi connectivity index (χ4n) is 1.41. The van der Waals surface area contributed by atoms with Gasteiger partial charge in [-0.1, -0.05) is 11.6 Å². The van der Waals surface area contributed by atoms with Crippen molar-refractivity contribution in [2.24, 2.45) is 0 Å². The summed E-state index contributed by atoms with van der Waals surface area (Å²) in [6, 6.07) is 5.04. The smallest absolute Gasteiger partial charge is 0.296 e. The lowest BCUT2D eigenvalue weighted by molar-refractivity contribution is -0.141. The Morgan fingerprint density at radius 1 is 1.15 bits per heavy atom. The first-order chi connectivity index (χ1) is 8.91. The van der Waals surface area contributed by atoms with Crippen LogP contribution < -0.4 is 6.15 Å². The molecule has 0 fully saturated rings. The number of aromatic nitrogens is 2. The lowest BCUT2D eigenvalue weighted by Crippen LogP contribution is -2.07. The van der Waals surface area contributed by atoms with Gasteiger partial charge in [0.1, 0.15) is 11.4 Å². The molecule has 0 atom stereocenters. The monoisotopic (exact) mass is 300 g/mol. The van der Waals surface area contributed by atoms with Crippen molar-refractivity contribution < 1.29 is 18.0 Å². The Labute approximate surface area is 117 Å². The number of carbonyl (C=O) groups excluding carboxylic acids is 1. The summed E-state index contributed by atoms with van der Waals surface area (Å²) < 4.78 is 37.1. The minimum absolute atomic E-state index is 0. The maximum absolute atomic E-state index is 12.4. The first kappa shape index (κ1) is 16.1. The number of carbonyl (C=O) groups is 1. The third-order valence-electron chi connectivity index (χ3n) is 2.33. The standard InChI is InChI=1S/C12H6ClF3N2O.N/c13-8-2-3-9(18-10(8)6-19)7-1-4-11(17-5-7)12(14,15)16;/h1-6H;. The molecule has 0 spiro atoms. The van der Waals surface area contributed by atoms with Crippen LogP contribution in [-0.4, -0.2) is 16.3 Å². The number of halogens is 4. The van der Waals surface area contributed by atoms with Gasteiger partial charge in [-0.2, -0.15) is 13.2 Å². The molecule has 8 heteroatoms. The molecule has 2 heterocycles. The summed E-state index contributed by atoms with van der Waals surface area (Å²) in [4.78, 5) is 17.9. The van der Waals surface area contributed by atoms with Crippen LogP contribution in [0.4, 0.5) is 13.2 Å². The number of alkyl halides is 3. The summed E-state index contributed by atoms with van der Waals surface area (Å²) in [6.07, 6.45) is -2.96. The molecule has 4 nitrogen and oxygen atoms in total. The van der Waals surface area contributed by atoms with Gasteiger partial charge in [-0.25, -0.2) is 4.98 Å². The largest absolute Gasteiger partial charge is 0.433 e. The number of nitrogens with zero attached hydrogens (tertiary/aromatic N) is 3. The highest BCUT2D eigenvalue weighted by Gasteiger charge is 2.32. The summed E-state index contributed by atoms with van der Waals surface area (Å²) in [5.41, 5.74) is -0.264. The second-order valence-electron chi connectivity index (χ2n) is 3.61. The molecule has 0 aromatic carbocycles. The van der Waals surface area contributed by atoms with Crippen molar-refractivity contribution in [2.45, 2.75) is 6.18 Å². The average molecular weight is 301 g/mol. The van der Waals surface area contributed by atoms with E-state index in [4.69, 9.17) is 11.6 Å². The predicted octanol–water partition coefficient (Wildman–Crippen LogP) is 3.15. The summed E-state index contributed by atoms with van der Waals surface area (Å²) in [5.74, 6) is 0. The van der Waals surface area contributed by atoms with E-state index in [1.807, 2.05) is 0 Å². The van der Waals surface area contributed by atoms with Crippen molar-refractivity contribution in [3.63, 3.8) is 0 Å².